The summed E-state index contributed by atoms with van der Waals surface area (Å²) in [7, 11) is 0. The Morgan fingerprint density at radius 1 is 1.47 bits per heavy atom. The number of hydrogen-bond acceptors (Lipinski definition) is 3. The number of rotatable bonds is 8. The third-order valence-electron chi connectivity index (χ3n) is 2.31. The van der Waals surface area contributed by atoms with Crippen LogP contribution in [0.5, 0.6) is 0 Å². The molecule has 0 saturated heterocycles. The Morgan fingerprint density at radius 3 is 3.00 bits per heavy atom. The van der Waals surface area contributed by atoms with Crippen LogP contribution in [0.25, 0.3) is 0 Å². The Balaban J connectivity index is 2.00. The highest BCUT2D eigenvalue weighted by Crippen LogP contribution is 2.12. The molecule has 0 aliphatic carbocycles. The third kappa shape index (κ3) is 5.28. The summed E-state index contributed by atoms with van der Waals surface area (Å²) >= 11 is 2.02. The molecule has 1 unspecified atom stereocenters. The molecule has 1 aromatic rings. The van der Waals surface area contributed by atoms with Crippen LogP contribution in [-0.4, -0.2) is 18.1 Å². The molecule has 1 N–H and O–H groups in total. The Labute approximate surface area is 96.8 Å². The molecule has 0 saturated carbocycles. The zero-order valence-electron chi connectivity index (χ0n) is 9.66. The second-order valence-electron chi connectivity index (χ2n) is 3.66. The van der Waals surface area contributed by atoms with Gasteiger partial charge in [-0.1, -0.05) is 13.3 Å². The van der Waals surface area contributed by atoms with Gasteiger partial charge in [-0.2, -0.15) is 11.8 Å². The smallest absolute Gasteiger partial charge is 0.120 e. The normalized spacial score (nSPS) is 12.9. The first kappa shape index (κ1) is 12.7. The van der Waals surface area contributed by atoms with Gasteiger partial charge in [0, 0.05) is 12.3 Å². The molecule has 0 fully saturated rings. The molecule has 0 bridgehead atoms. The van der Waals surface area contributed by atoms with Crippen LogP contribution in [0.4, 0.5) is 0 Å². The van der Waals surface area contributed by atoms with Crippen LogP contribution in [0.15, 0.2) is 22.8 Å². The van der Waals surface area contributed by atoms with Crippen molar-refractivity contribution in [2.45, 2.75) is 32.7 Å². The molecule has 0 spiro atoms. The zero-order valence-corrected chi connectivity index (χ0v) is 10.5. The highest BCUT2D eigenvalue weighted by atomic mass is 32.2. The molecule has 15 heavy (non-hydrogen) atoms. The van der Waals surface area contributed by atoms with Crippen molar-refractivity contribution in [1.29, 1.82) is 0 Å². The van der Waals surface area contributed by atoms with Gasteiger partial charge in [-0.3, -0.25) is 0 Å². The summed E-state index contributed by atoms with van der Waals surface area (Å²) in [5.74, 6) is 3.49. The molecule has 0 amide bonds. The first-order valence-electron chi connectivity index (χ1n) is 5.69. The fraction of sp³-hybridized carbons (Fsp3) is 0.667. The van der Waals surface area contributed by atoms with E-state index in [1.807, 2.05) is 23.9 Å². The number of furan rings is 1. The third-order valence-corrected chi connectivity index (χ3v) is 3.38. The van der Waals surface area contributed by atoms with E-state index in [2.05, 4.69) is 19.2 Å². The van der Waals surface area contributed by atoms with Crippen molar-refractivity contribution in [2.75, 3.05) is 18.1 Å². The molecule has 1 rings (SSSR count). The van der Waals surface area contributed by atoms with Crippen LogP contribution in [0.3, 0.4) is 0 Å². The highest BCUT2D eigenvalue weighted by molar-refractivity contribution is 7.99. The molecule has 1 aromatic heterocycles. The lowest BCUT2D eigenvalue weighted by atomic mass is 10.2. The number of nitrogens with one attached hydrogen (secondary N) is 1. The van der Waals surface area contributed by atoms with Crippen LogP contribution in [0, 0.1) is 0 Å². The summed E-state index contributed by atoms with van der Waals surface area (Å²) in [5.41, 5.74) is 0. The van der Waals surface area contributed by atoms with E-state index < -0.39 is 0 Å². The summed E-state index contributed by atoms with van der Waals surface area (Å²) < 4.78 is 5.32. The number of unbranched alkanes of at least 4 members (excludes halogenated alkanes) is 1. The predicted octanol–water partition coefficient (Wildman–Crippen LogP) is 3.46. The molecule has 86 valence electrons. The molecule has 1 heterocycles. The second-order valence-corrected chi connectivity index (χ2v) is 4.88. The fourth-order valence-corrected chi connectivity index (χ4v) is 2.29. The number of thioether (sulfide) groups is 1. The highest BCUT2D eigenvalue weighted by Gasteiger charge is 2.05. The largest absolute Gasteiger partial charge is 0.468 e. The maximum absolute atomic E-state index is 5.32. The van der Waals surface area contributed by atoms with Crippen LogP contribution in [-0.2, 0) is 0 Å². The maximum atomic E-state index is 5.32. The number of hydrogen-bond donors (Lipinski definition) is 1. The van der Waals surface area contributed by atoms with E-state index in [4.69, 9.17) is 4.42 Å². The monoisotopic (exact) mass is 227 g/mol. The Morgan fingerprint density at radius 2 is 2.33 bits per heavy atom. The molecule has 0 aliphatic rings. The molecule has 3 heteroatoms. The van der Waals surface area contributed by atoms with Crippen LogP contribution < -0.4 is 5.32 Å². The molecule has 2 nitrogen and oxygen atoms in total. The van der Waals surface area contributed by atoms with E-state index >= 15 is 0 Å². The first-order valence-corrected chi connectivity index (χ1v) is 6.84. The minimum absolute atomic E-state index is 0.326. The van der Waals surface area contributed by atoms with Crippen LogP contribution in [0.2, 0.25) is 0 Å². The van der Waals surface area contributed by atoms with Crippen molar-refractivity contribution in [3.8, 4) is 0 Å². The van der Waals surface area contributed by atoms with E-state index in [0.717, 1.165) is 12.3 Å². The van der Waals surface area contributed by atoms with Gasteiger partial charge in [-0.25, -0.2) is 0 Å². The molecular weight excluding hydrogens is 206 g/mol. The summed E-state index contributed by atoms with van der Waals surface area (Å²) in [4.78, 5) is 0. The van der Waals surface area contributed by atoms with Gasteiger partial charge < -0.3 is 9.73 Å². The standard InChI is InChI=1S/C12H21NOS/c1-3-4-9-15-10-7-13-11(2)12-6-5-8-14-12/h5-6,8,11,13H,3-4,7,9-10H2,1-2H3. The minimum Gasteiger partial charge on any atom is -0.468 e. The summed E-state index contributed by atoms with van der Waals surface area (Å²) in [5, 5.41) is 3.45. The maximum Gasteiger partial charge on any atom is 0.120 e. The van der Waals surface area contributed by atoms with Gasteiger partial charge in [0.25, 0.3) is 0 Å². The first-order chi connectivity index (χ1) is 7.34. The van der Waals surface area contributed by atoms with Gasteiger partial charge in [0.05, 0.1) is 12.3 Å². The minimum atomic E-state index is 0.326. The van der Waals surface area contributed by atoms with E-state index in [0.29, 0.717) is 6.04 Å². The molecule has 0 radical (unpaired) electrons. The molecule has 0 aliphatic heterocycles. The molecule has 1 atom stereocenters. The van der Waals surface area contributed by atoms with Gasteiger partial charge in [0.15, 0.2) is 0 Å². The van der Waals surface area contributed by atoms with E-state index in [-0.39, 0.29) is 0 Å². The van der Waals surface area contributed by atoms with Crippen LogP contribution >= 0.6 is 11.8 Å². The average molecular weight is 227 g/mol. The summed E-state index contributed by atoms with van der Waals surface area (Å²) in [6.45, 7) is 5.42. The summed E-state index contributed by atoms with van der Waals surface area (Å²) in [6.07, 6.45) is 4.35. The average Bonchev–Trinajstić information content (AvgIpc) is 2.76. The Bertz CT molecular complexity index is 236. The van der Waals surface area contributed by atoms with Crippen molar-refractivity contribution in [2.24, 2.45) is 0 Å². The Hall–Kier alpha value is -0.410. The Kier molecular flexibility index (Phi) is 6.60. The van der Waals surface area contributed by atoms with Crippen LogP contribution in [0.1, 0.15) is 38.5 Å². The van der Waals surface area contributed by atoms with E-state index in [1.165, 1.54) is 24.3 Å². The lowest BCUT2D eigenvalue weighted by Crippen LogP contribution is -2.21. The van der Waals surface area contributed by atoms with Gasteiger partial charge >= 0.3 is 0 Å². The van der Waals surface area contributed by atoms with Gasteiger partial charge in [0.1, 0.15) is 5.76 Å². The van der Waals surface area contributed by atoms with Crippen molar-refractivity contribution in [3.05, 3.63) is 24.2 Å². The van der Waals surface area contributed by atoms with E-state index in [1.54, 1.807) is 6.26 Å². The van der Waals surface area contributed by atoms with Gasteiger partial charge in [0.2, 0.25) is 0 Å². The van der Waals surface area contributed by atoms with Crippen molar-refractivity contribution < 1.29 is 4.42 Å². The van der Waals surface area contributed by atoms with Crippen molar-refractivity contribution in [3.63, 3.8) is 0 Å². The quantitative estimate of drug-likeness (QED) is 0.688. The summed E-state index contributed by atoms with van der Waals surface area (Å²) in [6, 6.07) is 4.28. The zero-order chi connectivity index (χ0) is 10.9. The van der Waals surface area contributed by atoms with Gasteiger partial charge in [-0.15, -0.1) is 0 Å². The lowest BCUT2D eigenvalue weighted by Gasteiger charge is -2.10. The van der Waals surface area contributed by atoms with Gasteiger partial charge in [-0.05, 0) is 31.2 Å². The molecular formula is C12H21NOS. The predicted molar refractivity (Wildman–Crippen MR) is 67.4 cm³/mol. The van der Waals surface area contributed by atoms with Crippen molar-refractivity contribution in [1.82, 2.24) is 5.32 Å². The van der Waals surface area contributed by atoms with Crippen molar-refractivity contribution >= 4 is 11.8 Å². The topological polar surface area (TPSA) is 25.2 Å². The second kappa shape index (κ2) is 7.83. The van der Waals surface area contributed by atoms with E-state index in [9.17, 15) is 0 Å². The SMILES string of the molecule is CCCCSCCNC(C)c1ccco1. The fourth-order valence-electron chi connectivity index (χ4n) is 1.33. The molecule has 0 aromatic carbocycles. The lowest BCUT2D eigenvalue weighted by molar-refractivity contribution is 0.438.